The Bertz CT molecular complexity index is 228. The van der Waals surface area contributed by atoms with Crippen LogP contribution in [0.1, 0.15) is 52.4 Å². The normalized spacial score (nSPS) is 20.9. The summed E-state index contributed by atoms with van der Waals surface area (Å²) in [5.74, 6) is 1.05. The molecule has 0 radical (unpaired) electrons. The van der Waals surface area contributed by atoms with Crippen molar-refractivity contribution < 1.29 is 4.79 Å². The minimum absolute atomic E-state index is 0.366. The lowest BCUT2D eigenvalue weighted by Gasteiger charge is -2.37. The van der Waals surface area contributed by atoms with E-state index in [1.807, 2.05) is 7.05 Å². The number of carbonyl (C=O) groups excluding carboxylic acids is 1. The SMILES string of the molecule is CNCCCC(=O)N1CCCCC1CC(C)C. The summed E-state index contributed by atoms with van der Waals surface area (Å²) in [5, 5.41) is 3.10. The second-order valence-corrected chi connectivity index (χ2v) is 5.57. The average Bonchev–Trinajstić information content (AvgIpc) is 2.29. The summed E-state index contributed by atoms with van der Waals surface area (Å²) in [7, 11) is 1.94. The number of nitrogens with zero attached hydrogens (tertiary/aromatic N) is 1. The zero-order valence-electron chi connectivity index (χ0n) is 11.7. The molecule has 0 saturated carbocycles. The number of hydrogen-bond donors (Lipinski definition) is 1. The summed E-state index contributed by atoms with van der Waals surface area (Å²) in [6, 6.07) is 0.505. The predicted molar refractivity (Wildman–Crippen MR) is 72.0 cm³/mol. The van der Waals surface area contributed by atoms with Crippen molar-refractivity contribution in [2.24, 2.45) is 5.92 Å². The second-order valence-electron chi connectivity index (χ2n) is 5.57. The summed E-state index contributed by atoms with van der Waals surface area (Å²) in [5.41, 5.74) is 0. The molecule has 1 aliphatic rings. The molecule has 3 nitrogen and oxygen atoms in total. The van der Waals surface area contributed by atoms with Crippen molar-refractivity contribution in [1.82, 2.24) is 10.2 Å². The molecule has 0 spiro atoms. The number of piperidine rings is 1. The van der Waals surface area contributed by atoms with E-state index in [1.165, 1.54) is 19.3 Å². The van der Waals surface area contributed by atoms with Crippen molar-refractivity contribution in [2.45, 2.75) is 58.4 Å². The van der Waals surface area contributed by atoms with Gasteiger partial charge in [-0.1, -0.05) is 13.8 Å². The van der Waals surface area contributed by atoms with Gasteiger partial charge in [-0.25, -0.2) is 0 Å². The smallest absolute Gasteiger partial charge is 0.222 e. The molecule has 0 aromatic carbocycles. The van der Waals surface area contributed by atoms with E-state index in [9.17, 15) is 4.79 Å². The molecule has 1 rings (SSSR count). The molecule has 1 atom stereocenters. The molecule has 1 fully saturated rings. The third kappa shape index (κ3) is 5.07. The molecule has 1 amide bonds. The van der Waals surface area contributed by atoms with E-state index in [-0.39, 0.29) is 0 Å². The molecule has 0 aliphatic carbocycles. The van der Waals surface area contributed by atoms with E-state index in [1.54, 1.807) is 0 Å². The van der Waals surface area contributed by atoms with Crippen LogP contribution in [0, 0.1) is 5.92 Å². The van der Waals surface area contributed by atoms with E-state index in [4.69, 9.17) is 0 Å². The average molecular weight is 240 g/mol. The predicted octanol–water partition coefficient (Wildman–Crippen LogP) is 2.41. The van der Waals surface area contributed by atoms with E-state index in [0.29, 0.717) is 24.3 Å². The Hall–Kier alpha value is -0.570. The van der Waals surface area contributed by atoms with Gasteiger partial charge in [-0.3, -0.25) is 4.79 Å². The fraction of sp³-hybridized carbons (Fsp3) is 0.929. The molecule has 1 aliphatic heterocycles. The van der Waals surface area contributed by atoms with Crippen LogP contribution in [0.15, 0.2) is 0 Å². The van der Waals surface area contributed by atoms with Gasteiger partial charge in [-0.2, -0.15) is 0 Å². The van der Waals surface area contributed by atoms with Gasteiger partial charge in [0.05, 0.1) is 0 Å². The number of carbonyl (C=O) groups is 1. The largest absolute Gasteiger partial charge is 0.340 e. The highest BCUT2D eigenvalue weighted by Gasteiger charge is 2.26. The van der Waals surface area contributed by atoms with Gasteiger partial charge in [0.1, 0.15) is 0 Å². The first-order valence-corrected chi connectivity index (χ1v) is 7.09. The van der Waals surface area contributed by atoms with Gasteiger partial charge < -0.3 is 10.2 Å². The highest BCUT2D eigenvalue weighted by molar-refractivity contribution is 5.76. The fourth-order valence-corrected chi connectivity index (χ4v) is 2.68. The standard InChI is InChI=1S/C14H28N2O/c1-12(2)11-13-7-4-5-10-16(13)14(17)8-6-9-15-3/h12-13,15H,4-11H2,1-3H3. The summed E-state index contributed by atoms with van der Waals surface area (Å²) in [6.07, 6.45) is 6.51. The number of rotatable bonds is 6. The Morgan fingerprint density at radius 3 is 2.82 bits per heavy atom. The first-order chi connectivity index (χ1) is 8.15. The molecular weight excluding hydrogens is 212 g/mol. The Morgan fingerprint density at radius 2 is 2.18 bits per heavy atom. The van der Waals surface area contributed by atoms with E-state index < -0.39 is 0 Å². The molecule has 1 unspecified atom stereocenters. The van der Waals surface area contributed by atoms with Crippen LogP contribution in [0.3, 0.4) is 0 Å². The van der Waals surface area contributed by atoms with Crippen LogP contribution in [0.2, 0.25) is 0 Å². The van der Waals surface area contributed by atoms with Gasteiger partial charge in [0, 0.05) is 19.0 Å². The van der Waals surface area contributed by atoms with Gasteiger partial charge in [0.2, 0.25) is 5.91 Å². The third-order valence-electron chi connectivity index (χ3n) is 3.51. The van der Waals surface area contributed by atoms with Crippen LogP contribution in [-0.2, 0) is 4.79 Å². The summed E-state index contributed by atoms with van der Waals surface area (Å²) in [6.45, 7) is 6.42. The van der Waals surface area contributed by atoms with Crippen molar-refractivity contribution in [3.8, 4) is 0 Å². The molecule has 1 saturated heterocycles. The van der Waals surface area contributed by atoms with Crippen molar-refractivity contribution in [1.29, 1.82) is 0 Å². The first-order valence-electron chi connectivity index (χ1n) is 7.09. The Kier molecular flexibility index (Phi) is 6.56. The lowest BCUT2D eigenvalue weighted by molar-refractivity contribution is -0.135. The molecule has 3 heteroatoms. The molecule has 1 N–H and O–H groups in total. The van der Waals surface area contributed by atoms with Crippen LogP contribution in [-0.4, -0.2) is 37.0 Å². The molecular formula is C14H28N2O. The topological polar surface area (TPSA) is 32.3 Å². The Labute approximate surface area is 106 Å². The zero-order chi connectivity index (χ0) is 12.7. The second kappa shape index (κ2) is 7.70. The number of nitrogens with one attached hydrogen (secondary N) is 1. The number of amides is 1. The summed E-state index contributed by atoms with van der Waals surface area (Å²) >= 11 is 0. The van der Waals surface area contributed by atoms with Gasteiger partial charge >= 0.3 is 0 Å². The van der Waals surface area contributed by atoms with E-state index in [2.05, 4.69) is 24.1 Å². The van der Waals surface area contributed by atoms with Crippen LogP contribution < -0.4 is 5.32 Å². The zero-order valence-corrected chi connectivity index (χ0v) is 11.7. The maximum Gasteiger partial charge on any atom is 0.222 e. The lowest BCUT2D eigenvalue weighted by atomic mass is 9.93. The van der Waals surface area contributed by atoms with Gasteiger partial charge in [-0.15, -0.1) is 0 Å². The Balaban J connectivity index is 2.43. The van der Waals surface area contributed by atoms with Crippen molar-refractivity contribution in [3.05, 3.63) is 0 Å². The molecule has 1 heterocycles. The molecule has 17 heavy (non-hydrogen) atoms. The third-order valence-corrected chi connectivity index (χ3v) is 3.51. The molecule has 100 valence electrons. The quantitative estimate of drug-likeness (QED) is 0.723. The monoisotopic (exact) mass is 240 g/mol. The highest BCUT2D eigenvalue weighted by atomic mass is 16.2. The first kappa shape index (κ1) is 14.5. The molecule has 0 aromatic rings. The van der Waals surface area contributed by atoms with Gasteiger partial charge in [-0.05, 0) is 51.6 Å². The minimum atomic E-state index is 0.366. The van der Waals surface area contributed by atoms with Crippen LogP contribution in [0.4, 0.5) is 0 Å². The van der Waals surface area contributed by atoms with Gasteiger partial charge in [0.25, 0.3) is 0 Å². The van der Waals surface area contributed by atoms with E-state index in [0.717, 1.165) is 25.9 Å². The molecule has 0 bridgehead atoms. The minimum Gasteiger partial charge on any atom is -0.340 e. The Morgan fingerprint density at radius 1 is 1.41 bits per heavy atom. The summed E-state index contributed by atoms with van der Waals surface area (Å²) < 4.78 is 0. The van der Waals surface area contributed by atoms with E-state index >= 15 is 0 Å². The van der Waals surface area contributed by atoms with Crippen LogP contribution in [0.25, 0.3) is 0 Å². The van der Waals surface area contributed by atoms with Crippen molar-refractivity contribution in [2.75, 3.05) is 20.1 Å². The van der Waals surface area contributed by atoms with Crippen molar-refractivity contribution in [3.63, 3.8) is 0 Å². The maximum absolute atomic E-state index is 12.2. The number of hydrogen-bond acceptors (Lipinski definition) is 2. The van der Waals surface area contributed by atoms with Crippen LogP contribution in [0.5, 0.6) is 0 Å². The molecule has 0 aromatic heterocycles. The highest BCUT2D eigenvalue weighted by Crippen LogP contribution is 2.23. The van der Waals surface area contributed by atoms with Crippen molar-refractivity contribution >= 4 is 5.91 Å². The van der Waals surface area contributed by atoms with Gasteiger partial charge in [0.15, 0.2) is 0 Å². The number of likely N-dealkylation sites (tertiary alicyclic amines) is 1. The van der Waals surface area contributed by atoms with Crippen LogP contribution >= 0.6 is 0 Å². The fourth-order valence-electron chi connectivity index (χ4n) is 2.68. The summed E-state index contributed by atoms with van der Waals surface area (Å²) in [4.78, 5) is 14.3. The maximum atomic E-state index is 12.2. The lowest BCUT2D eigenvalue weighted by Crippen LogP contribution is -2.44.